The summed E-state index contributed by atoms with van der Waals surface area (Å²) in [5, 5.41) is 9.54. The highest BCUT2D eigenvalue weighted by Gasteiger charge is 2.42. The van der Waals surface area contributed by atoms with Crippen LogP contribution in [0.25, 0.3) is 0 Å². The molecule has 0 bridgehead atoms. The maximum atomic E-state index is 13.8. The van der Waals surface area contributed by atoms with E-state index in [1.54, 1.807) is 28.8 Å². The molecule has 0 saturated carbocycles. The molecule has 0 radical (unpaired) electrons. The Morgan fingerprint density at radius 2 is 1.52 bits per heavy atom. The van der Waals surface area contributed by atoms with E-state index in [4.69, 9.17) is 9.47 Å². The lowest BCUT2D eigenvalue weighted by Gasteiger charge is -2.26. The van der Waals surface area contributed by atoms with Crippen molar-refractivity contribution >= 4 is 29.6 Å². The van der Waals surface area contributed by atoms with E-state index >= 15 is 0 Å². The van der Waals surface area contributed by atoms with E-state index in [0.29, 0.717) is 23.6 Å². The number of ether oxygens (including phenoxy) is 2. The quantitative estimate of drug-likeness (QED) is 0.242. The van der Waals surface area contributed by atoms with Crippen LogP contribution in [0.4, 0.5) is 4.79 Å². The maximum absolute atomic E-state index is 13.8. The van der Waals surface area contributed by atoms with Gasteiger partial charge in [-0.1, -0.05) is 42.0 Å². The molecule has 0 spiro atoms. The van der Waals surface area contributed by atoms with Crippen LogP contribution in [0.15, 0.2) is 65.6 Å². The number of rotatable bonds is 8. The van der Waals surface area contributed by atoms with Gasteiger partial charge >= 0.3 is 12.1 Å². The Bertz CT molecular complexity index is 1390. The molecule has 8 heteroatoms. The standard InChI is InChI=1S/C32H35NO6S/c1-19-7-11-24(12-8-19)38-31(37)33-17-26(27(18-33)28(34)22-9-13-25(40-6)14-10-22)23-15-20(2)29(21(3)16-23)39-32(4,5)30(35)36/h7-16,26-27H,17-18H2,1-6H3,(H,35,36)/t26-,27+/m0/s1. The zero-order valence-electron chi connectivity index (χ0n) is 23.7. The van der Waals surface area contributed by atoms with E-state index in [1.807, 2.05) is 75.6 Å². The van der Waals surface area contributed by atoms with Gasteiger partial charge < -0.3 is 19.5 Å². The van der Waals surface area contributed by atoms with E-state index in [1.165, 1.54) is 13.8 Å². The van der Waals surface area contributed by atoms with Crippen molar-refractivity contribution in [2.24, 2.45) is 5.92 Å². The molecular weight excluding hydrogens is 526 g/mol. The van der Waals surface area contributed by atoms with Crippen molar-refractivity contribution in [3.8, 4) is 11.5 Å². The number of aryl methyl sites for hydroxylation is 3. The van der Waals surface area contributed by atoms with Crippen LogP contribution in [0.5, 0.6) is 11.5 Å². The van der Waals surface area contributed by atoms with Gasteiger partial charge in [0.05, 0.1) is 0 Å². The van der Waals surface area contributed by atoms with Crippen molar-refractivity contribution in [2.45, 2.75) is 51.0 Å². The molecule has 1 aliphatic rings. The minimum absolute atomic E-state index is 0.0362. The number of Topliss-reactive ketones (excluding diaryl/α,β-unsaturated/α-hetero) is 1. The first-order valence-electron chi connectivity index (χ1n) is 13.1. The molecule has 40 heavy (non-hydrogen) atoms. The van der Waals surface area contributed by atoms with Gasteiger partial charge in [0.2, 0.25) is 0 Å². The van der Waals surface area contributed by atoms with Crippen molar-refractivity contribution in [3.05, 3.63) is 88.5 Å². The average Bonchev–Trinajstić information content (AvgIpc) is 3.37. The summed E-state index contributed by atoms with van der Waals surface area (Å²) >= 11 is 1.61. The van der Waals surface area contributed by atoms with Crippen molar-refractivity contribution in [1.82, 2.24) is 4.90 Å². The number of nitrogens with zero attached hydrogens (tertiary/aromatic N) is 1. The summed E-state index contributed by atoms with van der Waals surface area (Å²) in [5.74, 6) is -0.911. The molecule has 4 rings (SSSR count). The summed E-state index contributed by atoms with van der Waals surface area (Å²) < 4.78 is 11.5. The highest BCUT2D eigenvalue weighted by atomic mass is 32.2. The molecule has 1 heterocycles. The minimum atomic E-state index is -1.40. The highest BCUT2D eigenvalue weighted by Crippen LogP contribution is 2.39. The lowest BCUT2D eigenvalue weighted by molar-refractivity contribution is -0.152. The van der Waals surface area contributed by atoms with Crippen LogP contribution in [0, 0.1) is 26.7 Å². The third-order valence-electron chi connectivity index (χ3n) is 7.30. The number of benzene rings is 3. The normalized spacial score (nSPS) is 17.0. The Kier molecular flexibility index (Phi) is 8.59. The maximum Gasteiger partial charge on any atom is 0.415 e. The van der Waals surface area contributed by atoms with Crippen LogP contribution in [0.3, 0.4) is 0 Å². The van der Waals surface area contributed by atoms with E-state index in [9.17, 15) is 19.5 Å². The number of carbonyl (C=O) groups excluding carboxylic acids is 2. The summed E-state index contributed by atoms with van der Waals surface area (Å²) in [7, 11) is 0. The fraction of sp³-hybridized carbons (Fsp3) is 0.344. The molecule has 210 valence electrons. The zero-order chi connectivity index (χ0) is 29.2. The van der Waals surface area contributed by atoms with Crippen molar-refractivity contribution in [2.75, 3.05) is 19.3 Å². The van der Waals surface area contributed by atoms with Crippen LogP contribution in [-0.2, 0) is 4.79 Å². The topological polar surface area (TPSA) is 93.1 Å². The van der Waals surface area contributed by atoms with Crippen molar-refractivity contribution < 1.29 is 29.0 Å². The Morgan fingerprint density at radius 3 is 2.08 bits per heavy atom. The molecule has 7 nitrogen and oxygen atoms in total. The highest BCUT2D eigenvalue weighted by molar-refractivity contribution is 7.98. The zero-order valence-corrected chi connectivity index (χ0v) is 24.5. The summed E-state index contributed by atoms with van der Waals surface area (Å²) in [4.78, 5) is 41.3. The van der Waals surface area contributed by atoms with E-state index in [2.05, 4.69) is 0 Å². The van der Waals surface area contributed by atoms with Gasteiger partial charge in [0.15, 0.2) is 11.4 Å². The number of carboxylic acid groups (broad SMARTS) is 1. The lowest BCUT2D eigenvalue weighted by atomic mass is 9.82. The van der Waals surface area contributed by atoms with Crippen LogP contribution >= 0.6 is 11.8 Å². The molecule has 1 saturated heterocycles. The number of carbonyl (C=O) groups is 3. The first kappa shape index (κ1) is 29.2. The van der Waals surface area contributed by atoms with Gasteiger partial charge in [0.25, 0.3) is 0 Å². The molecule has 3 aromatic carbocycles. The Hall–Kier alpha value is -3.78. The molecule has 3 aromatic rings. The number of ketones is 1. The Balaban J connectivity index is 1.66. The first-order chi connectivity index (χ1) is 18.9. The van der Waals surface area contributed by atoms with Gasteiger partial charge in [0.1, 0.15) is 11.5 Å². The number of aliphatic carboxylic acids is 1. The first-order valence-corrected chi connectivity index (χ1v) is 14.4. The fourth-order valence-electron chi connectivity index (χ4n) is 4.95. The Morgan fingerprint density at radius 1 is 0.925 bits per heavy atom. The van der Waals surface area contributed by atoms with Crippen molar-refractivity contribution in [1.29, 1.82) is 0 Å². The third-order valence-corrected chi connectivity index (χ3v) is 8.04. The molecule has 1 amide bonds. The molecule has 1 N–H and O–H groups in total. The number of thioether (sulfide) groups is 1. The molecule has 0 aromatic heterocycles. The molecule has 2 atom stereocenters. The number of hydrogen-bond acceptors (Lipinski definition) is 6. The van der Waals surface area contributed by atoms with Crippen LogP contribution < -0.4 is 9.47 Å². The van der Waals surface area contributed by atoms with Gasteiger partial charge in [0, 0.05) is 35.4 Å². The largest absolute Gasteiger partial charge is 0.478 e. The lowest BCUT2D eigenvalue weighted by Crippen LogP contribution is -2.38. The SMILES string of the molecule is CSc1ccc(C(=O)[C@@H]2CN(C(=O)Oc3ccc(C)cc3)C[C@H]2c2cc(C)c(OC(C)(C)C(=O)O)c(C)c2)cc1. The summed E-state index contributed by atoms with van der Waals surface area (Å²) in [6.07, 6.45) is 1.48. The number of hydrogen-bond donors (Lipinski definition) is 1. The van der Waals surface area contributed by atoms with Crippen molar-refractivity contribution in [3.63, 3.8) is 0 Å². The van der Waals surface area contributed by atoms with Gasteiger partial charge in [-0.15, -0.1) is 11.8 Å². The van der Waals surface area contributed by atoms with Gasteiger partial charge in [-0.2, -0.15) is 0 Å². The summed E-state index contributed by atoms with van der Waals surface area (Å²) in [6, 6.07) is 18.6. The van der Waals surface area contributed by atoms with Crippen LogP contribution in [0.2, 0.25) is 0 Å². The monoisotopic (exact) mass is 561 g/mol. The second-order valence-corrected chi connectivity index (χ2v) is 11.7. The Labute approximate surface area is 239 Å². The minimum Gasteiger partial charge on any atom is -0.478 e. The smallest absolute Gasteiger partial charge is 0.415 e. The summed E-state index contributed by atoms with van der Waals surface area (Å²) in [6.45, 7) is 9.23. The van der Waals surface area contributed by atoms with Gasteiger partial charge in [-0.25, -0.2) is 9.59 Å². The molecule has 0 unspecified atom stereocenters. The summed E-state index contributed by atoms with van der Waals surface area (Å²) in [5.41, 5.74) is 2.67. The number of carboxylic acids is 1. The fourth-order valence-corrected chi connectivity index (χ4v) is 5.36. The third kappa shape index (κ3) is 6.33. The molecular formula is C32H35NO6S. The second-order valence-electron chi connectivity index (χ2n) is 10.8. The second kappa shape index (κ2) is 11.8. The van der Waals surface area contributed by atoms with Crippen LogP contribution in [0.1, 0.15) is 52.4 Å². The van der Waals surface area contributed by atoms with E-state index in [0.717, 1.165) is 27.1 Å². The number of amides is 1. The van der Waals surface area contributed by atoms with E-state index < -0.39 is 23.6 Å². The van der Waals surface area contributed by atoms with Gasteiger partial charge in [-0.3, -0.25) is 4.79 Å². The van der Waals surface area contributed by atoms with Gasteiger partial charge in [-0.05, 0) is 81.8 Å². The number of likely N-dealkylation sites (tertiary alicyclic amines) is 1. The predicted octanol–water partition coefficient (Wildman–Crippen LogP) is 6.67. The molecule has 1 fully saturated rings. The predicted molar refractivity (Wildman–Crippen MR) is 156 cm³/mol. The molecule has 0 aliphatic carbocycles. The average molecular weight is 562 g/mol. The molecule has 1 aliphatic heterocycles. The van der Waals surface area contributed by atoms with E-state index in [-0.39, 0.29) is 18.2 Å². The van der Waals surface area contributed by atoms with Crippen LogP contribution in [-0.4, -0.2) is 52.8 Å².